The highest BCUT2D eigenvalue weighted by atomic mass is 32.2. The Morgan fingerprint density at radius 3 is 2.71 bits per heavy atom. The number of hydrogen-bond acceptors (Lipinski definition) is 6. The molecule has 4 rings (SSSR count). The Morgan fingerprint density at radius 1 is 1.21 bits per heavy atom. The first-order valence-electron chi connectivity index (χ1n) is 8.97. The zero-order chi connectivity index (χ0) is 19.9. The minimum atomic E-state index is -3.84. The second-order valence-electron chi connectivity index (χ2n) is 6.82. The second-order valence-corrected chi connectivity index (χ2v) is 8.66. The van der Waals surface area contributed by atoms with Crippen LogP contribution in [0.3, 0.4) is 0 Å². The molecule has 0 spiro atoms. The lowest BCUT2D eigenvalue weighted by Crippen LogP contribution is -2.46. The van der Waals surface area contributed by atoms with Crippen LogP contribution in [0.5, 0.6) is 0 Å². The molecular formula is C19H20N2O6S. The van der Waals surface area contributed by atoms with Crippen molar-refractivity contribution in [3.05, 3.63) is 36.4 Å². The maximum absolute atomic E-state index is 12.9. The van der Waals surface area contributed by atoms with Gasteiger partial charge in [0.25, 0.3) is 15.9 Å². The summed E-state index contributed by atoms with van der Waals surface area (Å²) >= 11 is 0. The Morgan fingerprint density at radius 2 is 1.96 bits per heavy atom. The second kappa shape index (κ2) is 7.06. The molecule has 0 radical (unpaired) electrons. The van der Waals surface area contributed by atoms with E-state index in [4.69, 9.17) is 9.47 Å². The van der Waals surface area contributed by atoms with Crippen LogP contribution in [0, 0.1) is 0 Å². The fraction of sp³-hybridized carbons (Fsp3) is 0.368. The lowest BCUT2D eigenvalue weighted by molar-refractivity contribution is -0.153. The average molecular weight is 404 g/mol. The van der Waals surface area contributed by atoms with E-state index in [-0.39, 0.29) is 16.9 Å². The zero-order valence-electron chi connectivity index (χ0n) is 15.3. The molecule has 0 aliphatic carbocycles. The van der Waals surface area contributed by atoms with Gasteiger partial charge >= 0.3 is 5.97 Å². The van der Waals surface area contributed by atoms with E-state index in [0.29, 0.717) is 30.8 Å². The molecule has 9 heteroatoms. The van der Waals surface area contributed by atoms with Crippen molar-refractivity contribution >= 4 is 38.4 Å². The van der Waals surface area contributed by atoms with Gasteiger partial charge in [-0.25, -0.2) is 8.42 Å². The molecule has 1 saturated heterocycles. The van der Waals surface area contributed by atoms with Crippen molar-refractivity contribution in [2.24, 2.45) is 0 Å². The van der Waals surface area contributed by atoms with Crippen molar-refractivity contribution in [3.8, 4) is 0 Å². The predicted molar refractivity (Wildman–Crippen MR) is 101 cm³/mol. The van der Waals surface area contributed by atoms with Gasteiger partial charge in [-0.05, 0) is 24.4 Å². The number of carbonyl (C=O) groups excluding carboxylic acids is 2. The molecule has 2 aromatic rings. The Bertz CT molecular complexity index is 1050. The van der Waals surface area contributed by atoms with E-state index >= 15 is 0 Å². The average Bonchev–Trinajstić information content (AvgIpc) is 2.89. The largest absolute Gasteiger partial charge is 0.454 e. The van der Waals surface area contributed by atoms with Crippen LogP contribution in [0.2, 0.25) is 0 Å². The van der Waals surface area contributed by atoms with Gasteiger partial charge in [0.1, 0.15) is 6.54 Å². The van der Waals surface area contributed by atoms with Crippen LogP contribution in [-0.4, -0.2) is 64.1 Å². The molecule has 148 valence electrons. The van der Waals surface area contributed by atoms with Crippen molar-refractivity contribution in [2.75, 3.05) is 37.2 Å². The van der Waals surface area contributed by atoms with Crippen LogP contribution in [0.15, 0.2) is 41.3 Å². The normalized spacial score (nSPS) is 20.4. The van der Waals surface area contributed by atoms with Crippen molar-refractivity contribution in [2.45, 2.75) is 17.9 Å². The topological polar surface area (TPSA) is 93.2 Å². The minimum Gasteiger partial charge on any atom is -0.454 e. The van der Waals surface area contributed by atoms with Gasteiger partial charge in [0.2, 0.25) is 0 Å². The van der Waals surface area contributed by atoms with E-state index in [1.54, 1.807) is 23.1 Å². The lowest BCUT2D eigenvalue weighted by atomic mass is 10.1. The minimum absolute atomic E-state index is 0.0675. The molecule has 1 atom stereocenters. The number of morpholine rings is 1. The Kier molecular flexibility index (Phi) is 4.72. The van der Waals surface area contributed by atoms with Crippen LogP contribution in [0.25, 0.3) is 10.8 Å². The summed E-state index contributed by atoms with van der Waals surface area (Å²) in [6.07, 6.45) is -0.0675. The van der Waals surface area contributed by atoms with Gasteiger partial charge in [-0.3, -0.25) is 13.9 Å². The number of anilines is 1. The number of carbonyl (C=O) groups is 2. The van der Waals surface area contributed by atoms with E-state index in [2.05, 4.69) is 0 Å². The van der Waals surface area contributed by atoms with Crippen molar-refractivity contribution in [1.82, 2.24) is 4.90 Å². The number of ether oxygens (including phenoxy) is 2. The molecule has 2 aliphatic heterocycles. The van der Waals surface area contributed by atoms with Crippen molar-refractivity contribution in [1.29, 1.82) is 0 Å². The highest BCUT2D eigenvalue weighted by Crippen LogP contribution is 2.41. The molecule has 0 bridgehead atoms. The van der Waals surface area contributed by atoms with E-state index in [1.165, 1.54) is 6.07 Å². The van der Waals surface area contributed by atoms with Crippen molar-refractivity contribution < 1.29 is 27.5 Å². The number of nitrogens with zero attached hydrogens (tertiary/aromatic N) is 2. The zero-order valence-corrected chi connectivity index (χ0v) is 16.1. The Hall–Kier alpha value is -2.65. The Labute approximate surface area is 162 Å². The third-order valence-electron chi connectivity index (χ3n) is 4.90. The molecule has 2 heterocycles. The molecule has 1 fully saturated rings. The fourth-order valence-corrected chi connectivity index (χ4v) is 5.22. The van der Waals surface area contributed by atoms with Gasteiger partial charge in [0.15, 0.2) is 6.61 Å². The fourth-order valence-electron chi connectivity index (χ4n) is 3.57. The monoisotopic (exact) mass is 404 g/mol. The first-order valence-corrected chi connectivity index (χ1v) is 10.4. The molecular weight excluding hydrogens is 384 g/mol. The Balaban J connectivity index is 1.45. The molecule has 2 aromatic carbocycles. The number of hydrogen-bond donors (Lipinski definition) is 0. The van der Waals surface area contributed by atoms with E-state index in [9.17, 15) is 18.0 Å². The summed E-state index contributed by atoms with van der Waals surface area (Å²) in [6.45, 7) is 2.28. The highest BCUT2D eigenvalue weighted by molar-refractivity contribution is 7.93. The van der Waals surface area contributed by atoms with E-state index < -0.39 is 29.1 Å². The van der Waals surface area contributed by atoms with Crippen LogP contribution in [-0.2, 0) is 29.1 Å². The summed E-state index contributed by atoms with van der Waals surface area (Å²) in [5.41, 5.74) is 0.443. The van der Waals surface area contributed by atoms with Gasteiger partial charge in [0, 0.05) is 18.5 Å². The summed E-state index contributed by atoms with van der Waals surface area (Å²) in [5, 5.41) is 1.38. The van der Waals surface area contributed by atoms with Gasteiger partial charge in [-0.15, -0.1) is 0 Å². The molecule has 1 amide bonds. The molecule has 0 aromatic heterocycles. The van der Waals surface area contributed by atoms with Crippen LogP contribution >= 0.6 is 0 Å². The van der Waals surface area contributed by atoms with Gasteiger partial charge in [-0.1, -0.05) is 24.3 Å². The summed E-state index contributed by atoms with van der Waals surface area (Å²) in [6, 6.07) is 10.2. The van der Waals surface area contributed by atoms with Crippen molar-refractivity contribution in [3.63, 3.8) is 0 Å². The predicted octanol–water partition coefficient (Wildman–Crippen LogP) is 1.14. The number of benzene rings is 2. The first-order chi connectivity index (χ1) is 13.4. The third kappa shape index (κ3) is 3.20. The SMILES string of the molecule is CC1CN(C(=O)COC(=O)CN2c3cccc4cccc(c34)S2(=O)=O)CCO1. The number of esters is 1. The maximum atomic E-state index is 12.9. The molecule has 8 nitrogen and oxygen atoms in total. The summed E-state index contributed by atoms with van der Waals surface area (Å²) in [7, 11) is -3.84. The van der Waals surface area contributed by atoms with Gasteiger partial charge in [0.05, 0.1) is 23.3 Å². The molecule has 28 heavy (non-hydrogen) atoms. The molecule has 0 saturated carbocycles. The van der Waals surface area contributed by atoms with Gasteiger partial charge in [-0.2, -0.15) is 0 Å². The standard InChI is InChI=1S/C19H20N2O6S/c1-13-10-20(8-9-26-13)17(22)12-27-18(23)11-21-15-6-2-4-14-5-3-7-16(19(14)15)28(21,24)25/h2-7,13H,8-12H2,1H3. The van der Waals surface area contributed by atoms with Crippen LogP contribution in [0.1, 0.15) is 6.92 Å². The summed E-state index contributed by atoms with van der Waals surface area (Å²) < 4.78 is 37.2. The van der Waals surface area contributed by atoms with E-state index in [0.717, 1.165) is 9.69 Å². The van der Waals surface area contributed by atoms with E-state index in [1.807, 2.05) is 19.1 Å². The highest BCUT2D eigenvalue weighted by Gasteiger charge is 2.37. The first kappa shape index (κ1) is 18.7. The maximum Gasteiger partial charge on any atom is 0.327 e. The molecule has 0 N–H and O–H groups in total. The molecule has 1 unspecified atom stereocenters. The third-order valence-corrected chi connectivity index (χ3v) is 6.71. The number of amides is 1. The quantitative estimate of drug-likeness (QED) is 0.710. The number of rotatable bonds is 4. The smallest absolute Gasteiger partial charge is 0.327 e. The van der Waals surface area contributed by atoms with Crippen LogP contribution in [0.4, 0.5) is 5.69 Å². The number of sulfonamides is 1. The lowest BCUT2D eigenvalue weighted by Gasteiger charge is -2.31. The molecule has 2 aliphatic rings. The van der Waals surface area contributed by atoms with Crippen LogP contribution < -0.4 is 4.31 Å². The summed E-state index contributed by atoms with van der Waals surface area (Å²) in [4.78, 5) is 26.2. The summed E-state index contributed by atoms with van der Waals surface area (Å²) in [5.74, 6) is -1.10. The van der Waals surface area contributed by atoms with Gasteiger partial charge < -0.3 is 14.4 Å².